The Morgan fingerprint density at radius 1 is 1.17 bits per heavy atom. The third kappa shape index (κ3) is 3.03. The van der Waals surface area contributed by atoms with Crippen LogP contribution in [0.5, 0.6) is 0 Å². The van der Waals surface area contributed by atoms with Gasteiger partial charge >= 0.3 is 0 Å². The van der Waals surface area contributed by atoms with Gasteiger partial charge in [-0.3, -0.25) is 4.79 Å². The molecule has 3 rings (SSSR count). The van der Waals surface area contributed by atoms with Gasteiger partial charge in [0, 0.05) is 19.3 Å². The van der Waals surface area contributed by atoms with Gasteiger partial charge < -0.3 is 9.88 Å². The molecule has 0 aliphatic rings. The molecule has 1 N–H and O–H groups in total. The molecule has 5 nitrogen and oxygen atoms in total. The number of nitrogens with one attached hydrogen (secondary N) is 1. The molecule has 0 aliphatic heterocycles. The van der Waals surface area contributed by atoms with Crippen molar-refractivity contribution in [3.8, 4) is 0 Å². The Balaban J connectivity index is 1.81. The van der Waals surface area contributed by atoms with Gasteiger partial charge in [0.1, 0.15) is 17.2 Å². The van der Waals surface area contributed by atoms with E-state index in [4.69, 9.17) is 0 Å². The first-order valence-corrected chi connectivity index (χ1v) is 6.98. The summed E-state index contributed by atoms with van der Waals surface area (Å²) in [7, 11) is 1.81. The highest BCUT2D eigenvalue weighted by molar-refractivity contribution is 5.96. The Morgan fingerprint density at radius 2 is 1.87 bits per heavy atom. The molecule has 2 aromatic heterocycles. The quantitative estimate of drug-likeness (QED) is 0.808. The number of aryl methyl sites for hydroxylation is 1. The number of carbonyl (C=O) groups is 1. The predicted octanol–water partition coefficient (Wildman–Crippen LogP) is 2.74. The molecule has 0 aliphatic carbocycles. The molecule has 0 radical (unpaired) electrons. The van der Waals surface area contributed by atoms with Gasteiger partial charge in [-0.1, -0.05) is 0 Å². The number of hydrogen-bond donors (Lipinski definition) is 1. The topological polar surface area (TPSA) is 59.8 Å². The molecule has 1 atom stereocenters. The second-order valence-electron chi connectivity index (χ2n) is 5.32. The molecule has 3 aromatic rings. The smallest absolute Gasteiger partial charge is 0.253 e. The van der Waals surface area contributed by atoms with Crippen molar-refractivity contribution in [2.75, 3.05) is 0 Å². The van der Waals surface area contributed by atoms with Gasteiger partial charge in [-0.2, -0.15) is 0 Å². The zero-order chi connectivity index (χ0) is 16.6. The van der Waals surface area contributed by atoms with Crippen molar-refractivity contribution in [2.24, 2.45) is 7.05 Å². The number of benzene rings is 1. The van der Waals surface area contributed by atoms with Gasteiger partial charge in [0.15, 0.2) is 5.65 Å². The maximum absolute atomic E-state index is 13.3. The van der Waals surface area contributed by atoms with Gasteiger partial charge in [0.25, 0.3) is 5.91 Å². The van der Waals surface area contributed by atoms with Crippen molar-refractivity contribution in [3.63, 3.8) is 0 Å². The standard InChI is InChI=1S/C16H14F2N4O/c1-9(10-3-12(17)6-13(18)4-10)21-16(23)11-5-14-15(19-7-11)22(2)8-20-14/h3-9H,1-2H3,(H,21,23). The first kappa shape index (κ1) is 15.1. The molecule has 7 heteroatoms. The molecular formula is C16H14F2N4O. The number of carbonyl (C=O) groups excluding carboxylic acids is 1. The van der Waals surface area contributed by atoms with Crippen LogP contribution in [-0.4, -0.2) is 20.4 Å². The molecule has 0 spiro atoms. The Kier molecular flexibility index (Phi) is 3.77. The molecule has 0 bridgehead atoms. The molecule has 118 valence electrons. The van der Waals surface area contributed by atoms with Gasteiger partial charge in [0.05, 0.1) is 17.9 Å². The number of amides is 1. The average molecular weight is 316 g/mol. The first-order chi connectivity index (χ1) is 10.9. The lowest BCUT2D eigenvalue weighted by molar-refractivity contribution is 0.0939. The Morgan fingerprint density at radius 3 is 2.57 bits per heavy atom. The van der Waals surface area contributed by atoms with Crippen LogP contribution in [0.3, 0.4) is 0 Å². The third-order valence-electron chi connectivity index (χ3n) is 3.55. The molecule has 0 saturated carbocycles. The molecule has 2 heterocycles. The van der Waals surface area contributed by atoms with Gasteiger partial charge in [-0.05, 0) is 30.7 Å². The summed E-state index contributed by atoms with van der Waals surface area (Å²) in [4.78, 5) is 20.6. The van der Waals surface area contributed by atoms with Crippen molar-refractivity contribution in [3.05, 3.63) is 59.6 Å². The number of aromatic nitrogens is 3. The zero-order valence-corrected chi connectivity index (χ0v) is 12.5. The zero-order valence-electron chi connectivity index (χ0n) is 12.5. The summed E-state index contributed by atoms with van der Waals surface area (Å²) < 4.78 is 28.2. The number of rotatable bonds is 3. The van der Waals surface area contributed by atoms with E-state index in [1.54, 1.807) is 23.9 Å². The van der Waals surface area contributed by atoms with Crippen LogP contribution in [-0.2, 0) is 7.05 Å². The molecule has 0 saturated heterocycles. The van der Waals surface area contributed by atoms with Gasteiger partial charge in [-0.25, -0.2) is 18.7 Å². The number of pyridine rings is 1. The number of nitrogens with zero attached hydrogens (tertiary/aromatic N) is 3. The summed E-state index contributed by atoms with van der Waals surface area (Å²) in [6.07, 6.45) is 3.05. The fourth-order valence-corrected chi connectivity index (χ4v) is 2.33. The number of hydrogen-bond acceptors (Lipinski definition) is 3. The van der Waals surface area contributed by atoms with Crippen LogP contribution in [0.15, 0.2) is 36.8 Å². The number of imidazole rings is 1. The minimum atomic E-state index is -0.683. The third-order valence-corrected chi connectivity index (χ3v) is 3.55. The van der Waals surface area contributed by atoms with Crippen molar-refractivity contribution in [1.29, 1.82) is 0 Å². The number of fused-ring (bicyclic) bond motifs is 1. The maximum Gasteiger partial charge on any atom is 0.253 e. The lowest BCUT2D eigenvalue weighted by Gasteiger charge is -2.14. The van der Waals surface area contributed by atoms with E-state index in [1.165, 1.54) is 18.3 Å². The van der Waals surface area contributed by atoms with Crippen molar-refractivity contribution in [1.82, 2.24) is 19.9 Å². The summed E-state index contributed by atoms with van der Waals surface area (Å²) in [5, 5.41) is 2.69. The Hall–Kier alpha value is -2.83. The van der Waals surface area contributed by atoms with Crippen LogP contribution in [0.2, 0.25) is 0 Å². The van der Waals surface area contributed by atoms with Crippen molar-refractivity contribution < 1.29 is 13.6 Å². The van der Waals surface area contributed by atoms with E-state index >= 15 is 0 Å². The SMILES string of the molecule is CC(NC(=O)c1cnc2c(c1)ncn2C)c1cc(F)cc(F)c1. The first-order valence-electron chi connectivity index (χ1n) is 6.98. The van der Waals surface area contributed by atoms with Crippen LogP contribution in [0, 0.1) is 11.6 Å². The van der Waals surface area contributed by atoms with Crippen molar-refractivity contribution >= 4 is 17.1 Å². The number of halogens is 2. The molecule has 23 heavy (non-hydrogen) atoms. The minimum absolute atomic E-state index is 0.333. The van der Waals surface area contributed by atoms with E-state index in [0.717, 1.165) is 6.07 Å². The molecule has 1 aromatic carbocycles. The van der Waals surface area contributed by atoms with Crippen LogP contribution in [0.1, 0.15) is 28.9 Å². The van der Waals surface area contributed by atoms with E-state index in [-0.39, 0.29) is 5.91 Å². The molecule has 1 amide bonds. The van der Waals surface area contributed by atoms with E-state index < -0.39 is 17.7 Å². The van der Waals surface area contributed by atoms with E-state index in [2.05, 4.69) is 15.3 Å². The fraction of sp³-hybridized carbons (Fsp3) is 0.188. The minimum Gasteiger partial charge on any atom is -0.345 e. The van der Waals surface area contributed by atoms with Crippen LogP contribution in [0.4, 0.5) is 8.78 Å². The van der Waals surface area contributed by atoms with Gasteiger partial charge in [-0.15, -0.1) is 0 Å². The van der Waals surface area contributed by atoms with E-state index in [1.807, 2.05) is 7.05 Å². The Labute approximate surface area is 131 Å². The van der Waals surface area contributed by atoms with Gasteiger partial charge in [0.2, 0.25) is 0 Å². The summed E-state index contributed by atoms with van der Waals surface area (Å²) >= 11 is 0. The second-order valence-corrected chi connectivity index (χ2v) is 5.32. The summed E-state index contributed by atoms with van der Waals surface area (Å²) in [6, 6.07) is 4.24. The van der Waals surface area contributed by atoms with Crippen LogP contribution in [0.25, 0.3) is 11.2 Å². The average Bonchev–Trinajstić information content (AvgIpc) is 2.87. The monoisotopic (exact) mass is 316 g/mol. The second kappa shape index (κ2) is 5.75. The normalized spacial score (nSPS) is 12.3. The molecule has 0 fully saturated rings. The predicted molar refractivity (Wildman–Crippen MR) is 80.7 cm³/mol. The van der Waals surface area contributed by atoms with E-state index in [9.17, 15) is 13.6 Å². The maximum atomic E-state index is 13.3. The summed E-state index contributed by atoms with van der Waals surface area (Å²) in [6.45, 7) is 1.65. The highest BCUT2D eigenvalue weighted by atomic mass is 19.1. The largest absolute Gasteiger partial charge is 0.345 e. The summed E-state index contributed by atoms with van der Waals surface area (Å²) in [5.41, 5.74) is 1.95. The lowest BCUT2D eigenvalue weighted by Crippen LogP contribution is -2.27. The fourth-order valence-electron chi connectivity index (χ4n) is 2.33. The highest BCUT2D eigenvalue weighted by Gasteiger charge is 2.15. The van der Waals surface area contributed by atoms with E-state index in [0.29, 0.717) is 22.3 Å². The van der Waals surface area contributed by atoms with Crippen molar-refractivity contribution in [2.45, 2.75) is 13.0 Å². The molecular weight excluding hydrogens is 302 g/mol. The lowest BCUT2D eigenvalue weighted by atomic mass is 10.1. The summed E-state index contributed by atoms with van der Waals surface area (Å²) in [5.74, 6) is -1.75. The van der Waals surface area contributed by atoms with Crippen LogP contribution < -0.4 is 5.32 Å². The molecule has 1 unspecified atom stereocenters. The Bertz CT molecular complexity index is 871. The van der Waals surface area contributed by atoms with Crippen LogP contribution >= 0.6 is 0 Å². The highest BCUT2D eigenvalue weighted by Crippen LogP contribution is 2.17.